The monoisotopic (exact) mass is 1040 g/mol. The second-order valence-electron chi connectivity index (χ2n) is 21.3. The van der Waals surface area contributed by atoms with Crippen molar-refractivity contribution in [1.29, 1.82) is 0 Å². The van der Waals surface area contributed by atoms with E-state index in [-0.39, 0.29) is 31.1 Å². The summed E-state index contributed by atoms with van der Waals surface area (Å²) in [5.74, 6) is -0.862. The van der Waals surface area contributed by atoms with Crippen LogP contribution in [0.2, 0.25) is 0 Å². The molecular formula is C69H120O6. The van der Waals surface area contributed by atoms with Crippen LogP contribution in [0.3, 0.4) is 0 Å². The summed E-state index contributed by atoms with van der Waals surface area (Å²) >= 11 is 0. The van der Waals surface area contributed by atoms with E-state index in [0.29, 0.717) is 19.3 Å². The zero-order chi connectivity index (χ0) is 54.3. The van der Waals surface area contributed by atoms with Crippen molar-refractivity contribution in [2.45, 2.75) is 322 Å². The molecule has 1 unspecified atom stereocenters. The molecule has 0 aromatic rings. The Morgan fingerprint density at radius 3 is 0.813 bits per heavy atom. The van der Waals surface area contributed by atoms with E-state index in [2.05, 4.69) is 106 Å². The van der Waals surface area contributed by atoms with Crippen LogP contribution in [0.15, 0.2) is 85.1 Å². The van der Waals surface area contributed by atoms with Gasteiger partial charge in [-0.05, 0) is 77.0 Å². The van der Waals surface area contributed by atoms with Gasteiger partial charge >= 0.3 is 17.9 Å². The summed E-state index contributed by atoms with van der Waals surface area (Å²) in [5.41, 5.74) is 0. The second-order valence-corrected chi connectivity index (χ2v) is 21.3. The van der Waals surface area contributed by atoms with Crippen molar-refractivity contribution in [3.05, 3.63) is 85.1 Å². The van der Waals surface area contributed by atoms with Crippen LogP contribution < -0.4 is 0 Å². The molecule has 0 N–H and O–H groups in total. The highest BCUT2D eigenvalue weighted by Gasteiger charge is 2.19. The van der Waals surface area contributed by atoms with E-state index in [9.17, 15) is 14.4 Å². The summed E-state index contributed by atoms with van der Waals surface area (Å²) < 4.78 is 16.9. The lowest BCUT2D eigenvalue weighted by molar-refractivity contribution is -0.167. The third kappa shape index (κ3) is 61.3. The average Bonchev–Trinajstić information content (AvgIpc) is 3.41. The molecule has 0 heterocycles. The molecule has 0 saturated heterocycles. The summed E-state index contributed by atoms with van der Waals surface area (Å²) in [7, 11) is 0. The number of rotatable bonds is 58. The smallest absolute Gasteiger partial charge is 0.306 e. The maximum absolute atomic E-state index is 12.8. The predicted molar refractivity (Wildman–Crippen MR) is 325 cm³/mol. The van der Waals surface area contributed by atoms with Crippen molar-refractivity contribution >= 4 is 17.9 Å². The van der Waals surface area contributed by atoms with Gasteiger partial charge in [-0.25, -0.2) is 0 Å². The normalized spacial score (nSPS) is 12.6. The average molecular weight is 1050 g/mol. The van der Waals surface area contributed by atoms with E-state index < -0.39 is 6.10 Å². The first-order valence-electron chi connectivity index (χ1n) is 32.1. The highest BCUT2D eigenvalue weighted by molar-refractivity contribution is 5.71. The van der Waals surface area contributed by atoms with Crippen molar-refractivity contribution < 1.29 is 28.6 Å². The topological polar surface area (TPSA) is 78.9 Å². The molecule has 75 heavy (non-hydrogen) atoms. The third-order valence-corrected chi connectivity index (χ3v) is 13.9. The summed E-state index contributed by atoms with van der Waals surface area (Å²) in [6.45, 7) is 6.54. The quantitative estimate of drug-likeness (QED) is 0.0261. The van der Waals surface area contributed by atoms with Crippen LogP contribution in [0.1, 0.15) is 316 Å². The Morgan fingerprint density at radius 1 is 0.280 bits per heavy atom. The first kappa shape index (κ1) is 71.6. The second kappa shape index (κ2) is 63.1. The van der Waals surface area contributed by atoms with Crippen LogP contribution in [0, 0.1) is 0 Å². The highest BCUT2D eigenvalue weighted by Crippen LogP contribution is 2.17. The number of esters is 3. The Labute approximate surface area is 465 Å². The molecule has 1 atom stereocenters. The van der Waals surface area contributed by atoms with Gasteiger partial charge in [-0.3, -0.25) is 14.4 Å². The Kier molecular flexibility index (Phi) is 60.3. The van der Waals surface area contributed by atoms with E-state index in [0.717, 1.165) is 103 Å². The maximum atomic E-state index is 12.8. The van der Waals surface area contributed by atoms with Crippen LogP contribution in [0.4, 0.5) is 0 Å². The molecule has 6 nitrogen and oxygen atoms in total. The molecule has 0 amide bonds. The summed E-state index contributed by atoms with van der Waals surface area (Å²) in [5, 5.41) is 0. The molecule has 0 aromatic carbocycles. The Morgan fingerprint density at radius 2 is 0.520 bits per heavy atom. The van der Waals surface area contributed by atoms with Crippen molar-refractivity contribution in [2.75, 3.05) is 13.2 Å². The lowest BCUT2D eigenvalue weighted by Gasteiger charge is -2.18. The Balaban J connectivity index is 4.14. The van der Waals surface area contributed by atoms with Gasteiger partial charge in [-0.1, -0.05) is 305 Å². The number of hydrogen-bond acceptors (Lipinski definition) is 6. The summed E-state index contributed by atoms with van der Waals surface area (Å²) in [6, 6.07) is 0. The van der Waals surface area contributed by atoms with E-state index in [4.69, 9.17) is 14.2 Å². The molecule has 0 fully saturated rings. The third-order valence-electron chi connectivity index (χ3n) is 13.9. The van der Waals surface area contributed by atoms with Crippen molar-refractivity contribution in [3.63, 3.8) is 0 Å². The van der Waals surface area contributed by atoms with Gasteiger partial charge in [-0.15, -0.1) is 0 Å². The lowest BCUT2D eigenvalue weighted by atomic mass is 10.0. The molecule has 0 aromatic heterocycles. The molecule has 0 aliphatic heterocycles. The van der Waals surface area contributed by atoms with Crippen molar-refractivity contribution in [2.24, 2.45) is 0 Å². The van der Waals surface area contributed by atoms with Gasteiger partial charge in [0.25, 0.3) is 0 Å². The van der Waals surface area contributed by atoms with E-state index in [1.807, 2.05) is 0 Å². The fourth-order valence-electron chi connectivity index (χ4n) is 9.13. The number of unbranched alkanes of at least 4 members (excludes halogenated alkanes) is 33. The standard InChI is InChI=1S/C69H120O6/c1-4-7-10-13-16-19-22-24-25-26-27-28-29-30-31-32-33-34-35-36-37-38-39-40-41-42-43-45-47-50-53-56-59-62-68(71)74-65-66(64-73-67(70)61-58-55-52-49-46-21-18-15-12-9-6-3)75-69(72)63-60-57-54-51-48-44-23-20-17-14-11-8-5-2/h7,10,16,19,24-25,27-28,30-31,33-34,36-37,66H,4-6,8-9,11-15,17-18,20-23,26,29,32,35,38-65H2,1-3H3/b10-7-,19-16-,25-24-,28-27-,31-30-,34-33-,37-36-. The minimum atomic E-state index is -0.772. The van der Waals surface area contributed by atoms with Crippen molar-refractivity contribution in [3.8, 4) is 0 Å². The fraction of sp³-hybridized carbons (Fsp3) is 0.754. The van der Waals surface area contributed by atoms with Gasteiger partial charge in [0.2, 0.25) is 0 Å². The number of allylic oxidation sites excluding steroid dienone is 14. The van der Waals surface area contributed by atoms with Crippen LogP contribution in [0.5, 0.6) is 0 Å². The molecule has 432 valence electrons. The zero-order valence-corrected chi connectivity index (χ0v) is 49.6. The number of carbonyl (C=O) groups excluding carboxylic acids is 3. The molecule has 0 saturated carbocycles. The molecule has 0 rings (SSSR count). The fourth-order valence-corrected chi connectivity index (χ4v) is 9.13. The van der Waals surface area contributed by atoms with E-state index in [1.165, 1.54) is 173 Å². The molecular weight excluding hydrogens is 925 g/mol. The van der Waals surface area contributed by atoms with E-state index in [1.54, 1.807) is 0 Å². The van der Waals surface area contributed by atoms with Crippen LogP contribution in [0.25, 0.3) is 0 Å². The lowest BCUT2D eigenvalue weighted by Crippen LogP contribution is -2.30. The first-order valence-corrected chi connectivity index (χ1v) is 32.1. The van der Waals surface area contributed by atoms with Gasteiger partial charge in [0.15, 0.2) is 6.10 Å². The summed E-state index contributed by atoms with van der Waals surface area (Å²) in [4.78, 5) is 38.2. The SMILES string of the molecule is CC/C=C\C/C=C\C/C=C\C/C=C\C/C=C\C/C=C\C/C=C\CCCCCCCCCCCCCC(=O)OCC(COC(=O)CCCCCCCCCCCCC)OC(=O)CCCCCCCCCCCCCCC. The minimum Gasteiger partial charge on any atom is -0.462 e. The van der Waals surface area contributed by atoms with E-state index >= 15 is 0 Å². The highest BCUT2D eigenvalue weighted by atomic mass is 16.6. The molecule has 0 radical (unpaired) electrons. The van der Waals surface area contributed by atoms with Gasteiger partial charge in [0.1, 0.15) is 13.2 Å². The van der Waals surface area contributed by atoms with Gasteiger partial charge in [0, 0.05) is 19.3 Å². The zero-order valence-electron chi connectivity index (χ0n) is 49.6. The van der Waals surface area contributed by atoms with Crippen LogP contribution in [-0.2, 0) is 28.6 Å². The van der Waals surface area contributed by atoms with Gasteiger partial charge in [-0.2, -0.15) is 0 Å². The number of carbonyl (C=O) groups is 3. The molecule has 6 heteroatoms. The van der Waals surface area contributed by atoms with Crippen LogP contribution in [-0.4, -0.2) is 37.2 Å². The van der Waals surface area contributed by atoms with Crippen molar-refractivity contribution in [1.82, 2.24) is 0 Å². The molecule has 0 aliphatic rings. The Hall–Kier alpha value is -3.41. The predicted octanol–water partition coefficient (Wildman–Crippen LogP) is 21.9. The number of hydrogen-bond donors (Lipinski definition) is 0. The van der Waals surface area contributed by atoms with Crippen LogP contribution >= 0.6 is 0 Å². The molecule has 0 spiro atoms. The minimum absolute atomic E-state index is 0.0713. The van der Waals surface area contributed by atoms with Gasteiger partial charge in [0.05, 0.1) is 0 Å². The van der Waals surface area contributed by atoms with Gasteiger partial charge < -0.3 is 14.2 Å². The summed E-state index contributed by atoms with van der Waals surface area (Å²) in [6.07, 6.45) is 83.1. The maximum Gasteiger partial charge on any atom is 0.306 e. The Bertz CT molecular complexity index is 1430. The first-order chi connectivity index (χ1) is 37.0. The number of ether oxygens (including phenoxy) is 3. The molecule has 0 bridgehead atoms. The largest absolute Gasteiger partial charge is 0.462 e. The molecule has 0 aliphatic carbocycles.